The van der Waals surface area contributed by atoms with Crippen molar-refractivity contribution >= 4 is 0 Å². The highest BCUT2D eigenvalue weighted by Gasteiger charge is 2.30. The van der Waals surface area contributed by atoms with E-state index < -0.39 is 0 Å². The van der Waals surface area contributed by atoms with E-state index >= 15 is 0 Å². The van der Waals surface area contributed by atoms with Crippen LogP contribution in [-0.2, 0) is 9.47 Å². The lowest BCUT2D eigenvalue weighted by Gasteiger charge is -2.33. The molecule has 15 heavy (non-hydrogen) atoms. The minimum atomic E-state index is -0.0278. The van der Waals surface area contributed by atoms with E-state index in [9.17, 15) is 0 Å². The molecule has 0 radical (unpaired) electrons. The standard InChI is InChI=1S/C13H24O2/c1-3-10-14-12-13(4-2)9-7-5-6-8-11-15-13/h3,10H,4-9,11-12H2,1-2H3/b10-3+. The van der Waals surface area contributed by atoms with Gasteiger partial charge in [0.25, 0.3) is 0 Å². The Morgan fingerprint density at radius 2 is 2.07 bits per heavy atom. The second-order valence-electron chi connectivity index (χ2n) is 4.33. The Kier molecular flexibility index (Phi) is 5.77. The molecular formula is C13H24O2. The molecule has 1 fully saturated rings. The minimum absolute atomic E-state index is 0.0278. The number of hydrogen-bond acceptors (Lipinski definition) is 2. The van der Waals surface area contributed by atoms with Crippen molar-refractivity contribution in [1.82, 2.24) is 0 Å². The Bertz CT molecular complexity index is 179. The number of hydrogen-bond donors (Lipinski definition) is 0. The fraction of sp³-hybridized carbons (Fsp3) is 0.846. The molecule has 0 aromatic rings. The maximum absolute atomic E-state index is 6.01. The fourth-order valence-electron chi connectivity index (χ4n) is 2.05. The van der Waals surface area contributed by atoms with Gasteiger partial charge in [0.05, 0.1) is 6.26 Å². The zero-order valence-corrected chi connectivity index (χ0v) is 10.1. The second-order valence-corrected chi connectivity index (χ2v) is 4.33. The van der Waals surface area contributed by atoms with Crippen molar-refractivity contribution in [3.63, 3.8) is 0 Å². The molecule has 88 valence electrons. The highest BCUT2D eigenvalue weighted by Crippen LogP contribution is 2.27. The summed E-state index contributed by atoms with van der Waals surface area (Å²) in [7, 11) is 0. The topological polar surface area (TPSA) is 18.5 Å². The molecule has 1 atom stereocenters. The van der Waals surface area contributed by atoms with Gasteiger partial charge in [-0.15, -0.1) is 0 Å². The van der Waals surface area contributed by atoms with Gasteiger partial charge < -0.3 is 9.47 Å². The van der Waals surface area contributed by atoms with Crippen LogP contribution < -0.4 is 0 Å². The van der Waals surface area contributed by atoms with Crippen LogP contribution in [0.15, 0.2) is 12.3 Å². The summed E-state index contributed by atoms with van der Waals surface area (Å²) in [6.45, 7) is 5.76. The lowest BCUT2D eigenvalue weighted by atomic mass is 9.92. The summed E-state index contributed by atoms with van der Waals surface area (Å²) >= 11 is 0. The van der Waals surface area contributed by atoms with Crippen molar-refractivity contribution in [1.29, 1.82) is 0 Å². The first-order valence-corrected chi connectivity index (χ1v) is 6.20. The first-order valence-electron chi connectivity index (χ1n) is 6.20. The lowest BCUT2D eigenvalue weighted by Crippen LogP contribution is -2.38. The molecule has 1 heterocycles. The summed E-state index contributed by atoms with van der Waals surface area (Å²) in [6.07, 6.45) is 11.0. The molecule has 0 N–H and O–H groups in total. The van der Waals surface area contributed by atoms with Gasteiger partial charge >= 0.3 is 0 Å². The summed E-state index contributed by atoms with van der Waals surface area (Å²) in [5.41, 5.74) is -0.0278. The van der Waals surface area contributed by atoms with Crippen molar-refractivity contribution in [3.8, 4) is 0 Å². The van der Waals surface area contributed by atoms with Gasteiger partial charge in [-0.3, -0.25) is 0 Å². The van der Waals surface area contributed by atoms with Crippen LogP contribution in [0.4, 0.5) is 0 Å². The predicted molar refractivity (Wildman–Crippen MR) is 62.8 cm³/mol. The summed E-state index contributed by atoms with van der Waals surface area (Å²) in [5.74, 6) is 0. The van der Waals surface area contributed by atoms with Crippen molar-refractivity contribution < 1.29 is 9.47 Å². The first kappa shape index (κ1) is 12.6. The van der Waals surface area contributed by atoms with Crippen molar-refractivity contribution in [2.75, 3.05) is 13.2 Å². The van der Waals surface area contributed by atoms with Gasteiger partial charge in [-0.05, 0) is 26.2 Å². The van der Waals surface area contributed by atoms with Gasteiger partial charge in [-0.2, -0.15) is 0 Å². The largest absolute Gasteiger partial charge is 0.499 e. The molecule has 0 bridgehead atoms. The monoisotopic (exact) mass is 212 g/mol. The lowest BCUT2D eigenvalue weighted by molar-refractivity contribution is -0.0965. The van der Waals surface area contributed by atoms with Crippen LogP contribution in [0.5, 0.6) is 0 Å². The quantitative estimate of drug-likeness (QED) is 0.662. The highest BCUT2D eigenvalue weighted by molar-refractivity contribution is 4.82. The van der Waals surface area contributed by atoms with Gasteiger partial charge in [-0.25, -0.2) is 0 Å². The van der Waals surface area contributed by atoms with Crippen molar-refractivity contribution in [2.24, 2.45) is 0 Å². The van der Waals surface area contributed by atoms with Gasteiger partial charge in [0.15, 0.2) is 0 Å². The summed E-state index contributed by atoms with van der Waals surface area (Å²) in [4.78, 5) is 0. The normalized spacial score (nSPS) is 28.7. The molecule has 0 aliphatic carbocycles. The first-order chi connectivity index (χ1) is 7.33. The Morgan fingerprint density at radius 1 is 1.27 bits per heavy atom. The van der Waals surface area contributed by atoms with Crippen LogP contribution >= 0.6 is 0 Å². The molecule has 1 aliphatic heterocycles. The predicted octanol–water partition coefficient (Wildman–Crippen LogP) is 3.67. The van der Waals surface area contributed by atoms with Gasteiger partial charge in [0.2, 0.25) is 0 Å². The maximum Gasteiger partial charge on any atom is 0.116 e. The van der Waals surface area contributed by atoms with Crippen molar-refractivity contribution in [3.05, 3.63) is 12.3 Å². The molecule has 0 spiro atoms. The number of allylic oxidation sites excluding steroid dienone is 1. The van der Waals surface area contributed by atoms with E-state index in [0.29, 0.717) is 6.61 Å². The molecule has 0 aromatic carbocycles. The van der Waals surface area contributed by atoms with Gasteiger partial charge in [0.1, 0.15) is 12.2 Å². The van der Waals surface area contributed by atoms with Gasteiger partial charge in [-0.1, -0.05) is 32.3 Å². The van der Waals surface area contributed by atoms with Crippen LogP contribution in [-0.4, -0.2) is 18.8 Å². The van der Waals surface area contributed by atoms with Crippen LogP contribution in [0, 0.1) is 0 Å². The average molecular weight is 212 g/mol. The Balaban J connectivity index is 2.46. The van der Waals surface area contributed by atoms with E-state index in [1.54, 1.807) is 6.26 Å². The summed E-state index contributed by atoms with van der Waals surface area (Å²) in [6, 6.07) is 0. The zero-order valence-electron chi connectivity index (χ0n) is 10.1. The summed E-state index contributed by atoms with van der Waals surface area (Å²) in [5, 5.41) is 0. The summed E-state index contributed by atoms with van der Waals surface area (Å²) < 4.78 is 11.5. The molecule has 2 heteroatoms. The third kappa shape index (κ3) is 4.25. The number of ether oxygens (including phenoxy) is 2. The molecular weight excluding hydrogens is 188 g/mol. The molecule has 2 nitrogen and oxygen atoms in total. The van der Waals surface area contributed by atoms with E-state index in [1.807, 2.05) is 13.0 Å². The molecule has 1 unspecified atom stereocenters. The van der Waals surface area contributed by atoms with E-state index in [2.05, 4.69) is 6.92 Å². The molecule has 1 rings (SSSR count). The Labute approximate surface area is 93.7 Å². The van der Waals surface area contributed by atoms with Crippen LogP contribution in [0.3, 0.4) is 0 Å². The average Bonchev–Trinajstić information content (AvgIpc) is 2.22. The third-order valence-electron chi connectivity index (χ3n) is 3.16. The van der Waals surface area contributed by atoms with Crippen LogP contribution in [0.25, 0.3) is 0 Å². The molecule has 1 saturated heterocycles. The van der Waals surface area contributed by atoms with E-state index in [0.717, 1.165) is 19.4 Å². The third-order valence-corrected chi connectivity index (χ3v) is 3.16. The van der Waals surface area contributed by atoms with Crippen LogP contribution in [0.2, 0.25) is 0 Å². The van der Waals surface area contributed by atoms with Gasteiger partial charge in [0, 0.05) is 6.61 Å². The maximum atomic E-state index is 6.01. The SMILES string of the molecule is C/C=C/OCC1(CC)CCCCCCO1. The van der Waals surface area contributed by atoms with Crippen molar-refractivity contribution in [2.45, 2.75) is 58.0 Å². The van der Waals surface area contributed by atoms with Crippen LogP contribution in [0.1, 0.15) is 52.4 Å². The molecule has 0 aromatic heterocycles. The Morgan fingerprint density at radius 3 is 2.80 bits per heavy atom. The molecule has 1 aliphatic rings. The van der Waals surface area contributed by atoms with E-state index in [4.69, 9.17) is 9.47 Å². The molecule has 0 saturated carbocycles. The fourth-order valence-corrected chi connectivity index (χ4v) is 2.05. The highest BCUT2D eigenvalue weighted by atomic mass is 16.5. The zero-order chi connectivity index (χ0) is 11.0. The smallest absolute Gasteiger partial charge is 0.116 e. The number of rotatable bonds is 4. The Hall–Kier alpha value is -0.500. The second kappa shape index (κ2) is 6.89. The van der Waals surface area contributed by atoms with E-state index in [-0.39, 0.29) is 5.60 Å². The molecule has 0 amide bonds. The van der Waals surface area contributed by atoms with E-state index in [1.165, 1.54) is 25.7 Å². The minimum Gasteiger partial charge on any atom is -0.499 e.